The molecule has 1 atom stereocenters. The fraction of sp³-hybridized carbons (Fsp3) is 0.412. The molecule has 0 unspecified atom stereocenters. The van der Waals surface area contributed by atoms with Gasteiger partial charge in [-0.2, -0.15) is 0 Å². The third kappa shape index (κ3) is 3.53. The standard InChI is InChI=1S/C17H20N2O4/c1-13-5-2-3-6-14(13)22-11-17(21)7-4-8-19(10-17)16(20)15-9-18-12-23-15/h2-3,5-6,9,12,21H,4,7-8,10-11H2,1H3/t17-/m0/s1. The van der Waals surface area contributed by atoms with Gasteiger partial charge in [0.1, 0.15) is 18.0 Å². The first-order valence-electron chi connectivity index (χ1n) is 7.66. The van der Waals surface area contributed by atoms with Crippen LogP contribution in [0, 0.1) is 6.92 Å². The lowest BCUT2D eigenvalue weighted by Gasteiger charge is -2.38. The van der Waals surface area contributed by atoms with Crippen LogP contribution in [0.5, 0.6) is 5.75 Å². The number of piperidine rings is 1. The summed E-state index contributed by atoms with van der Waals surface area (Å²) in [6, 6.07) is 7.67. The smallest absolute Gasteiger partial charge is 0.291 e. The van der Waals surface area contributed by atoms with Crippen LogP contribution in [0.25, 0.3) is 0 Å². The van der Waals surface area contributed by atoms with Crippen LogP contribution in [0.2, 0.25) is 0 Å². The van der Waals surface area contributed by atoms with E-state index in [0.29, 0.717) is 19.4 Å². The van der Waals surface area contributed by atoms with E-state index in [1.54, 1.807) is 4.90 Å². The van der Waals surface area contributed by atoms with Crippen molar-refractivity contribution in [3.63, 3.8) is 0 Å². The van der Waals surface area contributed by atoms with Gasteiger partial charge in [0.15, 0.2) is 6.39 Å². The molecule has 0 saturated carbocycles. The molecule has 1 aromatic heterocycles. The van der Waals surface area contributed by atoms with E-state index < -0.39 is 5.60 Å². The molecule has 23 heavy (non-hydrogen) atoms. The minimum absolute atomic E-state index is 0.151. The van der Waals surface area contributed by atoms with Crippen LogP contribution in [0.4, 0.5) is 0 Å². The van der Waals surface area contributed by atoms with Gasteiger partial charge in [-0.3, -0.25) is 4.79 Å². The van der Waals surface area contributed by atoms with Crippen molar-refractivity contribution in [3.05, 3.63) is 48.2 Å². The third-order valence-corrected chi connectivity index (χ3v) is 4.08. The minimum atomic E-state index is -1.06. The molecule has 122 valence electrons. The fourth-order valence-corrected chi connectivity index (χ4v) is 2.81. The number of para-hydroxylation sites is 1. The van der Waals surface area contributed by atoms with Crippen molar-refractivity contribution in [1.29, 1.82) is 0 Å². The molecule has 0 bridgehead atoms. The van der Waals surface area contributed by atoms with Gasteiger partial charge in [-0.05, 0) is 31.4 Å². The van der Waals surface area contributed by atoms with Crippen molar-refractivity contribution in [2.45, 2.75) is 25.4 Å². The van der Waals surface area contributed by atoms with Gasteiger partial charge < -0.3 is 19.2 Å². The van der Waals surface area contributed by atoms with Gasteiger partial charge in [0.05, 0.1) is 12.7 Å². The summed E-state index contributed by atoms with van der Waals surface area (Å²) in [5.74, 6) is 0.685. The first-order chi connectivity index (χ1) is 11.1. The van der Waals surface area contributed by atoms with Gasteiger partial charge in [-0.1, -0.05) is 18.2 Å². The number of rotatable bonds is 4. The number of hydrogen-bond acceptors (Lipinski definition) is 5. The Morgan fingerprint density at radius 3 is 3.04 bits per heavy atom. The van der Waals surface area contributed by atoms with Crippen LogP contribution in [0.1, 0.15) is 29.0 Å². The second-order valence-corrected chi connectivity index (χ2v) is 5.97. The van der Waals surface area contributed by atoms with E-state index in [1.165, 1.54) is 12.6 Å². The van der Waals surface area contributed by atoms with E-state index in [9.17, 15) is 9.90 Å². The first kappa shape index (κ1) is 15.6. The molecule has 6 heteroatoms. The van der Waals surface area contributed by atoms with E-state index >= 15 is 0 Å². The molecule has 2 heterocycles. The maximum atomic E-state index is 12.3. The maximum Gasteiger partial charge on any atom is 0.291 e. The largest absolute Gasteiger partial charge is 0.490 e. The van der Waals surface area contributed by atoms with Gasteiger partial charge >= 0.3 is 0 Å². The number of likely N-dealkylation sites (tertiary alicyclic amines) is 1. The number of aryl methyl sites for hydroxylation is 1. The molecule has 3 rings (SSSR count). The highest BCUT2D eigenvalue weighted by molar-refractivity contribution is 5.91. The number of aromatic nitrogens is 1. The Morgan fingerprint density at radius 2 is 2.30 bits per heavy atom. The number of amides is 1. The van der Waals surface area contributed by atoms with Crippen molar-refractivity contribution in [2.24, 2.45) is 0 Å². The van der Waals surface area contributed by atoms with Crippen LogP contribution in [-0.2, 0) is 0 Å². The number of β-amino-alcohol motifs (C(OH)–C–C–N with tert-alkyl or cyclic N) is 1. The van der Waals surface area contributed by atoms with Crippen LogP contribution < -0.4 is 4.74 Å². The second kappa shape index (κ2) is 6.42. The highest BCUT2D eigenvalue weighted by Gasteiger charge is 2.37. The van der Waals surface area contributed by atoms with Crippen molar-refractivity contribution in [3.8, 4) is 5.75 Å². The van der Waals surface area contributed by atoms with E-state index in [0.717, 1.165) is 11.3 Å². The molecular formula is C17H20N2O4. The number of carbonyl (C=O) groups excluding carboxylic acids is 1. The monoisotopic (exact) mass is 316 g/mol. The predicted molar refractivity (Wildman–Crippen MR) is 83.3 cm³/mol. The molecule has 1 fully saturated rings. The summed E-state index contributed by atoms with van der Waals surface area (Å²) >= 11 is 0. The average molecular weight is 316 g/mol. The zero-order valence-corrected chi connectivity index (χ0v) is 13.1. The van der Waals surface area contributed by atoms with Gasteiger partial charge in [0.25, 0.3) is 5.91 Å². The van der Waals surface area contributed by atoms with E-state index in [-0.39, 0.29) is 24.8 Å². The van der Waals surface area contributed by atoms with Crippen LogP contribution in [-0.4, -0.2) is 46.2 Å². The highest BCUT2D eigenvalue weighted by atomic mass is 16.5. The molecule has 0 radical (unpaired) electrons. The Labute approximate surface area is 134 Å². The van der Waals surface area contributed by atoms with Crippen LogP contribution in [0.3, 0.4) is 0 Å². The normalized spacial score (nSPS) is 21.2. The third-order valence-electron chi connectivity index (χ3n) is 4.08. The zero-order chi connectivity index (χ0) is 16.3. The summed E-state index contributed by atoms with van der Waals surface area (Å²) in [6.07, 6.45) is 3.93. The van der Waals surface area contributed by atoms with Gasteiger partial charge in [0, 0.05) is 6.54 Å². The molecule has 2 aromatic rings. The van der Waals surface area contributed by atoms with Crippen LogP contribution in [0.15, 0.2) is 41.3 Å². The number of aliphatic hydroxyl groups is 1. The molecule has 1 aromatic carbocycles. The number of nitrogens with zero attached hydrogens (tertiary/aromatic N) is 2. The number of hydrogen-bond donors (Lipinski definition) is 1. The molecular weight excluding hydrogens is 296 g/mol. The number of ether oxygens (including phenoxy) is 1. The molecule has 6 nitrogen and oxygen atoms in total. The Kier molecular flexibility index (Phi) is 4.34. The molecule has 1 aliphatic rings. The SMILES string of the molecule is Cc1ccccc1OC[C@]1(O)CCCN(C(=O)c2cnco2)C1. The summed E-state index contributed by atoms with van der Waals surface area (Å²) in [5.41, 5.74) is -0.0440. The van der Waals surface area contributed by atoms with Crippen molar-refractivity contribution < 1.29 is 19.1 Å². The van der Waals surface area contributed by atoms with E-state index in [2.05, 4.69) is 4.98 Å². The molecule has 1 N–H and O–H groups in total. The number of benzene rings is 1. The molecule has 1 saturated heterocycles. The van der Waals surface area contributed by atoms with Crippen molar-refractivity contribution in [1.82, 2.24) is 9.88 Å². The molecule has 1 amide bonds. The van der Waals surface area contributed by atoms with Crippen molar-refractivity contribution >= 4 is 5.91 Å². The van der Waals surface area contributed by atoms with Crippen LogP contribution >= 0.6 is 0 Å². The fourth-order valence-electron chi connectivity index (χ4n) is 2.81. The summed E-state index contributed by atoms with van der Waals surface area (Å²) in [5, 5.41) is 10.8. The van der Waals surface area contributed by atoms with Crippen molar-refractivity contribution in [2.75, 3.05) is 19.7 Å². The second-order valence-electron chi connectivity index (χ2n) is 5.97. The predicted octanol–water partition coefficient (Wildman–Crippen LogP) is 2.03. The minimum Gasteiger partial charge on any atom is -0.490 e. The Bertz CT molecular complexity index is 671. The summed E-state index contributed by atoms with van der Waals surface area (Å²) in [6.45, 7) is 2.92. The number of oxazole rings is 1. The van der Waals surface area contributed by atoms with Gasteiger partial charge in [0.2, 0.25) is 5.76 Å². The Hall–Kier alpha value is -2.34. The Balaban J connectivity index is 1.65. The first-order valence-corrected chi connectivity index (χ1v) is 7.66. The topological polar surface area (TPSA) is 75.8 Å². The van der Waals surface area contributed by atoms with E-state index in [1.807, 2.05) is 31.2 Å². The lowest BCUT2D eigenvalue weighted by molar-refractivity contribution is -0.0538. The van der Waals surface area contributed by atoms with E-state index in [4.69, 9.17) is 9.15 Å². The zero-order valence-electron chi connectivity index (χ0n) is 13.1. The summed E-state index contributed by atoms with van der Waals surface area (Å²) in [4.78, 5) is 17.7. The lowest BCUT2D eigenvalue weighted by Crippen LogP contribution is -2.53. The maximum absolute atomic E-state index is 12.3. The van der Waals surface area contributed by atoms with Gasteiger partial charge in [-0.25, -0.2) is 4.98 Å². The molecule has 0 aliphatic carbocycles. The lowest BCUT2D eigenvalue weighted by atomic mass is 9.93. The summed E-state index contributed by atoms with van der Waals surface area (Å²) < 4.78 is 10.8. The summed E-state index contributed by atoms with van der Waals surface area (Å²) in [7, 11) is 0. The number of carbonyl (C=O) groups is 1. The van der Waals surface area contributed by atoms with Gasteiger partial charge in [-0.15, -0.1) is 0 Å². The highest BCUT2D eigenvalue weighted by Crippen LogP contribution is 2.25. The quantitative estimate of drug-likeness (QED) is 0.934. The molecule has 1 aliphatic heterocycles. The Morgan fingerprint density at radius 1 is 1.48 bits per heavy atom. The molecule has 0 spiro atoms. The average Bonchev–Trinajstić information content (AvgIpc) is 3.08.